The molecule has 220 valence electrons. The van der Waals surface area contributed by atoms with Crippen LogP contribution in [-0.2, 0) is 4.79 Å². The van der Waals surface area contributed by atoms with Gasteiger partial charge >= 0.3 is 6.01 Å². The number of piperazine rings is 1. The van der Waals surface area contributed by atoms with Crippen molar-refractivity contribution in [2.24, 2.45) is 5.92 Å². The first-order valence-electron chi connectivity index (χ1n) is 13.9. The number of rotatable bonds is 7. The van der Waals surface area contributed by atoms with Gasteiger partial charge in [-0.05, 0) is 44.5 Å². The molecule has 5 heterocycles. The third-order valence-electron chi connectivity index (χ3n) is 8.03. The van der Waals surface area contributed by atoms with Crippen molar-refractivity contribution in [1.29, 1.82) is 0 Å². The minimum atomic E-state index is -0.0912. The van der Waals surface area contributed by atoms with Crippen molar-refractivity contribution in [3.05, 3.63) is 46.7 Å². The highest BCUT2D eigenvalue weighted by atomic mass is 35.5. The van der Waals surface area contributed by atoms with Crippen LogP contribution in [0.2, 0.25) is 10.2 Å². The third-order valence-corrected chi connectivity index (χ3v) is 8.62. The number of carbonyl (C=O) groups is 1. The molecule has 2 aliphatic heterocycles. The molecule has 6 rings (SSSR count). The quantitative estimate of drug-likeness (QED) is 0.231. The van der Waals surface area contributed by atoms with E-state index >= 15 is 0 Å². The van der Waals surface area contributed by atoms with E-state index in [9.17, 15) is 4.79 Å². The van der Waals surface area contributed by atoms with Crippen LogP contribution in [0.5, 0.6) is 17.6 Å². The highest BCUT2D eigenvalue weighted by molar-refractivity contribution is 6.32. The van der Waals surface area contributed by atoms with Gasteiger partial charge in [0.2, 0.25) is 11.8 Å². The van der Waals surface area contributed by atoms with E-state index in [1.54, 1.807) is 23.2 Å². The highest BCUT2D eigenvalue weighted by Gasteiger charge is 2.29. The predicted octanol–water partition coefficient (Wildman–Crippen LogP) is 4.86. The summed E-state index contributed by atoms with van der Waals surface area (Å²) in [5.74, 6) is 1.85. The lowest BCUT2D eigenvalue weighted by atomic mass is 10.1. The van der Waals surface area contributed by atoms with E-state index in [4.69, 9.17) is 42.6 Å². The summed E-state index contributed by atoms with van der Waals surface area (Å²) in [5.41, 5.74) is 1.91. The van der Waals surface area contributed by atoms with E-state index in [0.717, 1.165) is 29.4 Å². The predicted molar refractivity (Wildman–Crippen MR) is 163 cm³/mol. The molecule has 2 saturated heterocycles. The Kier molecular flexibility index (Phi) is 7.82. The number of carbonyl (C=O) groups excluding carboxylic acids is 1. The Balaban J connectivity index is 1.42. The van der Waals surface area contributed by atoms with E-state index in [2.05, 4.69) is 45.5 Å². The van der Waals surface area contributed by atoms with Gasteiger partial charge in [-0.25, -0.2) is 0 Å². The Morgan fingerprint density at radius 2 is 1.95 bits per heavy atom. The van der Waals surface area contributed by atoms with Crippen molar-refractivity contribution < 1.29 is 14.3 Å². The summed E-state index contributed by atoms with van der Waals surface area (Å²) in [6, 6.07) is 4.02. The summed E-state index contributed by atoms with van der Waals surface area (Å²) in [6.45, 7) is 11.4. The number of hydrogen-bond acceptors (Lipinski definition) is 9. The molecule has 1 aromatic carbocycles. The fourth-order valence-corrected chi connectivity index (χ4v) is 6.15. The summed E-state index contributed by atoms with van der Waals surface area (Å²) in [5, 5.41) is 9.25. The van der Waals surface area contributed by atoms with Gasteiger partial charge in [-0.1, -0.05) is 36.7 Å². The molecular formula is C29H32Cl2N8O3. The van der Waals surface area contributed by atoms with Crippen molar-refractivity contribution in [1.82, 2.24) is 34.9 Å². The van der Waals surface area contributed by atoms with Crippen molar-refractivity contribution >= 4 is 56.7 Å². The largest absolute Gasteiger partial charge is 0.462 e. The Hall–Kier alpha value is -3.67. The minimum Gasteiger partial charge on any atom is -0.462 e. The number of hydrogen-bond donors (Lipinski definition) is 1. The molecule has 0 aliphatic carbocycles. The normalized spacial score (nSPS) is 19.5. The van der Waals surface area contributed by atoms with Crippen molar-refractivity contribution in [3.8, 4) is 17.6 Å². The first-order chi connectivity index (χ1) is 20.2. The van der Waals surface area contributed by atoms with Crippen molar-refractivity contribution in [3.63, 3.8) is 0 Å². The van der Waals surface area contributed by atoms with Gasteiger partial charge in [0, 0.05) is 49.4 Å². The number of ether oxygens (including phenoxy) is 2. The van der Waals surface area contributed by atoms with E-state index in [0.29, 0.717) is 66.2 Å². The highest BCUT2D eigenvalue weighted by Crippen LogP contribution is 2.40. The monoisotopic (exact) mass is 610 g/mol. The number of nitrogens with zero attached hydrogens (tertiary/aromatic N) is 7. The fourth-order valence-electron chi connectivity index (χ4n) is 5.77. The second kappa shape index (κ2) is 11.5. The first-order valence-corrected chi connectivity index (χ1v) is 14.6. The van der Waals surface area contributed by atoms with Gasteiger partial charge in [-0.2, -0.15) is 20.1 Å². The maximum absolute atomic E-state index is 12.2. The molecule has 0 radical (unpaired) electrons. The van der Waals surface area contributed by atoms with Crippen LogP contribution in [0.25, 0.3) is 21.8 Å². The lowest BCUT2D eigenvalue weighted by Gasteiger charge is -2.35. The SMILES string of the molecule is C=CC(=O)N1CCN(c2nc(OC[C@@H]3C[C@H](C)CN3C)nc3c(Oc4c(C)c(Cl)cc5[nH]ncc45)nc(Cl)cc23)CC1. The first kappa shape index (κ1) is 28.4. The Morgan fingerprint density at radius 1 is 1.17 bits per heavy atom. The number of fused-ring (bicyclic) bond motifs is 2. The van der Waals surface area contributed by atoms with Crippen LogP contribution >= 0.6 is 23.2 Å². The fraction of sp³-hybridized carbons (Fsp3) is 0.414. The molecule has 0 spiro atoms. The summed E-state index contributed by atoms with van der Waals surface area (Å²) < 4.78 is 12.7. The summed E-state index contributed by atoms with van der Waals surface area (Å²) >= 11 is 13.1. The van der Waals surface area contributed by atoms with Gasteiger partial charge in [0.15, 0.2) is 0 Å². The second-order valence-electron chi connectivity index (χ2n) is 11.0. The molecule has 42 heavy (non-hydrogen) atoms. The molecule has 0 bridgehead atoms. The van der Waals surface area contributed by atoms with Crippen LogP contribution in [0.1, 0.15) is 18.9 Å². The molecule has 1 N–H and O–H groups in total. The molecule has 0 saturated carbocycles. The maximum atomic E-state index is 12.2. The summed E-state index contributed by atoms with van der Waals surface area (Å²) in [7, 11) is 2.11. The van der Waals surface area contributed by atoms with E-state index < -0.39 is 0 Å². The number of halogens is 2. The van der Waals surface area contributed by atoms with Gasteiger partial charge in [-0.3, -0.25) is 14.8 Å². The molecule has 2 aliphatic rings. The number of likely N-dealkylation sites (tertiary alicyclic amines) is 1. The minimum absolute atomic E-state index is 0.0912. The van der Waals surface area contributed by atoms with E-state index in [-0.39, 0.29) is 29.0 Å². The topological polar surface area (TPSA) is 113 Å². The number of benzene rings is 1. The zero-order valence-electron chi connectivity index (χ0n) is 23.7. The number of aromatic amines is 1. The standard InChI is InChI=1S/C29H32Cl2N8O3/c1-5-24(40)38-6-8-39(9-7-38)27-19-11-23(31)33-28(42-26-17(3)21(30)12-22-20(26)13-32-36-22)25(19)34-29(35-27)41-15-18-10-16(2)14-37(18)4/h5,11-13,16,18H,1,6-10,14-15H2,2-4H3,(H,32,36)/t16-,18-/m0/s1. The van der Waals surface area contributed by atoms with Gasteiger partial charge < -0.3 is 19.3 Å². The summed E-state index contributed by atoms with van der Waals surface area (Å²) in [4.78, 5) is 32.5. The molecule has 13 heteroatoms. The van der Waals surface area contributed by atoms with Gasteiger partial charge in [0.1, 0.15) is 28.8 Å². The molecule has 2 fully saturated rings. The second-order valence-corrected chi connectivity index (χ2v) is 11.8. The average molecular weight is 612 g/mol. The lowest BCUT2D eigenvalue weighted by molar-refractivity contribution is -0.126. The van der Waals surface area contributed by atoms with Crippen molar-refractivity contribution in [2.45, 2.75) is 26.3 Å². The number of amides is 1. The summed E-state index contributed by atoms with van der Waals surface area (Å²) in [6.07, 6.45) is 4.06. The number of pyridine rings is 1. The van der Waals surface area contributed by atoms with Crippen LogP contribution in [0, 0.1) is 12.8 Å². The zero-order valence-corrected chi connectivity index (χ0v) is 25.2. The molecule has 4 aromatic rings. The molecule has 2 atom stereocenters. The Bertz CT molecular complexity index is 1670. The van der Waals surface area contributed by atoms with Gasteiger partial charge in [0.25, 0.3) is 0 Å². The zero-order chi connectivity index (χ0) is 29.5. The van der Waals surface area contributed by atoms with Crippen LogP contribution in [0.4, 0.5) is 5.82 Å². The molecule has 3 aromatic heterocycles. The smallest absolute Gasteiger partial charge is 0.319 e. The Morgan fingerprint density at radius 3 is 2.67 bits per heavy atom. The molecule has 0 unspecified atom stereocenters. The third kappa shape index (κ3) is 5.44. The van der Waals surface area contributed by atoms with Gasteiger partial charge in [0.05, 0.1) is 22.5 Å². The number of H-pyrrole nitrogens is 1. The van der Waals surface area contributed by atoms with E-state index in [1.165, 1.54) is 6.08 Å². The number of aromatic nitrogens is 5. The van der Waals surface area contributed by atoms with Crippen molar-refractivity contribution in [2.75, 3.05) is 51.3 Å². The van der Waals surface area contributed by atoms with Crippen LogP contribution in [0.3, 0.4) is 0 Å². The van der Waals surface area contributed by atoms with Crippen LogP contribution < -0.4 is 14.4 Å². The molecule has 1 amide bonds. The number of nitrogens with one attached hydrogen (secondary N) is 1. The number of anilines is 1. The Labute approximate surface area is 253 Å². The molecule has 11 nitrogen and oxygen atoms in total. The molecular weight excluding hydrogens is 579 g/mol. The van der Waals surface area contributed by atoms with Gasteiger partial charge in [-0.15, -0.1) is 0 Å². The average Bonchev–Trinajstić information content (AvgIpc) is 3.58. The lowest BCUT2D eigenvalue weighted by Crippen LogP contribution is -2.48. The van der Waals surface area contributed by atoms with E-state index in [1.807, 2.05) is 6.92 Å². The van der Waals surface area contributed by atoms with Crippen LogP contribution in [-0.4, -0.2) is 93.3 Å². The number of likely N-dealkylation sites (N-methyl/N-ethyl adjacent to an activating group) is 1. The van der Waals surface area contributed by atoms with Crippen LogP contribution in [0.15, 0.2) is 31.0 Å². The maximum Gasteiger partial charge on any atom is 0.319 e.